The van der Waals surface area contributed by atoms with Crippen molar-refractivity contribution in [1.29, 1.82) is 0 Å². The van der Waals surface area contributed by atoms with Crippen LogP contribution in [0, 0.1) is 0 Å². The summed E-state index contributed by atoms with van der Waals surface area (Å²) in [6.07, 6.45) is 26.0. The molecule has 1 saturated heterocycles. The van der Waals surface area contributed by atoms with Crippen molar-refractivity contribution in [2.45, 2.75) is 96.5 Å². The zero-order chi connectivity index (χ0) is 17.3. The molecule has 0 spiro atoms. The second-order valence-electron chi connectivity index (χ2n) is 7.33. The zero-order valence-electron chi connectivity index (χ0n) is 16.1. The van der Waals surface area contributed by atoms with Crippen molar-refractivity contribution in [1.82, 2.24) is 4.90 Å². The predicted octanol–water partition coefficient (Wildman–Crippen LogP) is 5.87. The van der Waals surface area contributed by atoms with Gasteiger partial charge in [0.2, 0.25) is 0 Å². The molecule has 1 aliphatic heterocycles. The van der Waals surface area contributed by atoms with E-state index < -0.39 is 0 Å². The number of β-amino-alcohol motifs (C(OH)–C–C–N with tert-alkyl or cyclic N) is 1. The summed E-state index contributed by atoms with van der Waals surface area (Å²) in [5, 5.41) is 9.48. The molecule has 0 aliphatic carbocycles. The van der Waals surface area contributed by atoms with Gasteiger partial charge in [0.25, 0.3) is 0 Å². The molecule has 1 aliphatic rings. The van der Waals surface area contributed by atoms with Gasteiger partial charge < -0.3 is 10.0 Å². The summed E-state index contributed by atoms with van der Waals surface area (Å²) >= 11 is 0. The van der Waals surface area contributed by atoms with Crippen molar-refractivity contribution < 1.29 is 5.11 Å². The molecule has 0 radical (unpaired) electrons. The lowest BCUT2D eigenvalue weighted by Gasteiger charge is -2.14. The fraction of sp³-hybridized carbons (Fsp3) is 0.818. The first-order valence-electron chi connectivity index (χ1n) is 10.5. The Bertz CT molecular complexity index is 324. The first-order valence-corrected chi connectivity index (χ1v) is 10.5. The summed E-state index contributed by atoms with van der Waals surface area (Å²) in [5.74, 6) is 0. The number of unbranched alkanes of at least 4 members (excludes halogenated alkanes) is 9. The van der Waals surface area contributed by atoms with Gasteiger partial charge in [-0.05, 0) is 51.5 Å². The summed E-state index contributed by atoms with van der Waals surface area (Å²) in [6, 6.07) is 0. The molecule has 2 heteroatoms. The van der Waals surface area contributed by atoms with Crippen LogP contribution < -0.4 is 0 Å². The quantitative estimate of drug-likeness (QED) is 0.299. The molecule has 140 valence electrons. The molecule has 1 rings (SSSR count). The fourth-order valence-corrected chi connectivity index (χ4v) is 3.34. The molecule has 24 heavy (non-hydrogen) atoms. The van der Waals surface area contributed by atoms with Crippen molar-refractivity contribution in [3.05, 3.63) is 24.3 Å². The maximum Gasteiger partial charge on any atom is 0.0679 e. The van der Waals surface area contributed by atoms with E-state index in [1.54, 1.807) is 0 Å². The SMILES string of the molecule is CCCCCC=CCC=CCCCCCCCCN1CC[C@H](O)C1. The highest BCUT2D eigenvalue weighted by Gasteiger charge is 2.18. The van der Waals surface area contributed by atoms with Crippen LogP contribution in [0.1, 0.15) is 90.4 Å². The third-order valence-electron chi connectivity index (χ3n) is 4.92. The predicted molar refractivity (Wildman–Crippen MR) is 106 cm³/mol. The number of aliphatic hydroxyl groups excluding tert-OH is 1. The van der Waals surface area contributed by atoms with Gasteiger partial charge >= 0.3 is 0 Å². The minimum Gasteiger partial charge on any atom is -0.392 e. The van der Waals surface area contributed by atoms with Gasteiger partial charge in [-0.15, -0.1) is 0 Å². The normalized spacial score (nSPS) is 19.2. The van der Waals surface area contributed by atoms with E-state index in [9.17, 15) is 5.11 Å². The maximum atomic E-state index is 9.48. The van der Waals surface area contributed by atoms with Gasteiger partial charge in [0.15, 0.2) is 0 Å². The number of likely N-dealkylation sites (tertiary alicyclic amines) is 1. The Morgan fingerprint density at radius 3 is 2.08 bits per heavy atom. The molecule has 1 N–H and O–H groups in total. The molecular weight excluding hydrogens is 294 g/mol. The lowest BCUT2D eigenvalue weighted by molar-refractivity contribution is 0.175. The zero-order valence-corrected chi connectivity index (χ0v) is 16.1. The molecule has 0 aromatic heterocycles. The molecule has 1 heterocycles. The number of rotatable bonds is 15. The molecule has 0 saturated carbocycles. The van der Waals surface area contributed by atoms with Crippen molar-refractivity contribution in [2.75, 3.05) is 19.6 Å². The third kappa shape index (κ3) is 12.8. The highest BCUT2D eigenvalue weighted by Crippen LogP contribution is 2.12. The Morgan fingerprint density at radius 1 is 0.833 bits per heavy atom. The topological polar surface area (TPSA) is 23.5 Å². The summed E-state index contributed by atoms with van der Waals surface area (Å²) in [7, 11) is 0. The average molecular weight is 336 g/mol. The largest absolute Gasteiger partial charge is 0.392 e. The average Bonchev–Trinajstić information content (AvgIpc) is 3.00. The second-order valence-corrected chi connectivity index (χ2v) is 7.33. The van der Waals surface area contributed by atoms with Gasteiger partial charge in [-0.3, -0.25) is 0 Å². The minimum atomic E-state index is -0.0606. The number of allylic oxidation sites excluding steroid dienone is 4. The van der Waals surface area contributed by atoms with Gasteiger partial charge in [-0.1, -0.05) is 69.8 Å². The van der Waals surface area contributed by atoms with E-state index in [-0.39, 0.29) is 6.10 Å². The Kier molecular flexibility index (Phi) is 14.2. The number of aliphatic hydroxyl groups is 1. The van der Waals surface area contributed by atoms with Gasteiger partial charge in [0, 0.05) is 13.1 Å². The molecule has 0 bridgehead atoms. The summed E-state index contributed by atoms with van der Waals surface area (Å²) in [5.41, 5.74) is 0. The van der Waals surface area contributed by atoms with Crippen LogP contribution in [0.4, 0.5) is 0 Å². The lowest BCUT2D eigenvalue weighted by atomic mass is 10.1. The Labute approximate surface area is 151 Å². The number of hydrogen-bond donors (Lipinski definition) is 1. The lowest BCUT2D eigenvalue weighted by Crippen LogP contribution is -2.23. The third-order valence-corrected chi connectivity index (χ3v) is 4.92. The van der Waals surface area contributed by atoms with Gasteiger partial charge in [0.1, 0.15) is 0 Å². The van der Waals surface area contributed by atoms with Crippen molar-refractivity contribution >= 4 is 0 Å². The summed E-state index contributed by atoms with van der Waals surface area (Å²) in [6.45, 7) is 5.45. The Balaban J connectivity index is 1.76. The van der Waals surface area contributed by atoms with E-state index in [2.05, 4.69) is 36.1 Å². The highest BCUT2D eigenvalue weighted by atomic mass is 16.3. The van der Waals surface area contributed by atoms with Gasteiger partial charge in [-0.25, -0.2) is 0 Å². The van der Waals surface area contributed by atoms with E-state index in [0.717, 1.165) is 25.9 Å². The molecule has 0 aromatic rings. The fourth-order valence-electron chi connectivity index (χ4n) is 3.34. The first kappa shape index (κ1) is 21.4. The van der Waals surface area contributed by atoms with Crippen LogP contribution in [0.5, 0.6) is 0 Å². The molecule has 0 aromatic carbocycles. The van der Waals surface area contributed by atoms with Crippen LogP contribution in [0.15, 0.2) is 24.3 Å². The van der Waals surface area contributed by atoms with Crippen LogP contribution in [-0.4, -0.2) is 35.7 Å². The van der Waals surface area contributed by atoms with Crippen LogP contribution >= 0.6 is 0 Å². The number of nitrogens with zero attached hydrogens (tertiary/aromatic N) is 1. The summed E-state index contributed by atoms with van der Waals surface area (Å²) in [4.78, 5) is 2.41. The van der Waals surface area contributed by atoms with Crippen LogP contribution in [0.25, 0.3) is 0 Å². The smallest absolute Gasteiger partial charge is 0.0679 e. The molecule has 0 amide bonds. The van der Waals surface area contributed by atoms with Crippen molar-refractivity contribution in [2.24, 2.45) is 0 Å². The maximum absolute atomic E-state index is 9.48. The van der Waals surface area contributed by atoms with Gasteiger partial charge in [0.05, 0.1) is 6.10 Å². The monoisotopic (exact) mass is 335 g/mol. The Morgan fingerprint density at radius 2 is 1.46 bits per heavy atom. The van der Waals surface area contributed by atoms with E-state index in [1.807, 2.05) is 0 Å². The first-order chi connectivity index (χ1) is 11.8. The summed E-state index contributed by atoms with van der Waals surface area (Å²) < 4.78 is 0. The van der Waals surface area contributed by atoms with E-state index in [1.165, 1.54) is 77.2 Å². The van der Waals surface area contributed by atoms with Crippen molar-refractivity contribution in [3.63, 3.8) is 0 Å². The Hall–Kier alpha value is -0.600. The molecule has 0 unspecified atom stereocenters. The van der Waals surface area contributed by atoms with Gasteiger partial charge in [-0.2, -0.15) is 0 Å². The molecule has 2 nitrogen and oxygen atoms in total. The molecule has 1 fully saturated rings. The standard InChI is InChI=1S/C22H41NO/c1-2-3-4-5-6-7-8-9-10-11-12-13-14-15-16-17-19-23-20-18-22(24)21-23/h6-7,9-10,22,24H,2-5,8,11-21H2,1H3/t22-/m0/s1. The molecular formula is C22H41NO. The van der Waals surface area contributed by atoms with E-state index in [4.69, 9.17) is 0 Å². The second kappa shape index (κ2) is 15.9. The van der Waals surface area contributed by atoms with E-state index in [0.29, 0.717) is 0 Å². The van der Waals surface area contributed by atoms with E-state index >= 15 is 0 Å². The van der Waals surface area contributed by atoms with Crippen LogP contribution in [-0.2, 0) is 0 Å². The molecule has 1 atom stereocenters. The number of hydrogen-bond acceptors (Lipinski definition) is 2. The highest BCUT2D eigenvalue weighted by molar-refractivity contribution is 4.92. The van der Waals surface area contributed by atoms with Crippen LogP contribution in [0.3, 0.4) is 0 Å². The minimum absolute atomic E-state index is 0.0606. The van der Waals surface area contributed by atoms with Crippen molar-refractivity contribution in [3.8, 4) is 0 Å². The van der Waals surface area contributed by atoms with Crippen LogP contribution in [0.2, 0.25) is 0 Å².